The van der Waals surface area contributed by atoms with Gasteiger partial charge in [0.05, 0.1) is 11.1 Å². The molecule has 2 amide bonds. The van der Waals surface area contributed by atoms with Gasteiger partial charge in [-0.2, -0.15) is 0 Å². The van der Waals surface area contributed by atoms with Crippen LogP contribution in [0.15, 0.2) is 60.7 Å². The number of benzene rings is 3. The molecule has 152 valence electrons. The number of amides is 2. The molecule has 0 aliphatic carbocycles. The summed E-state index contributed by atoms with van der Waals surface area (Å²) in [5.41, 5.74) is 0.136. The summed E-state index contributed by atoms with van der Waals surface area (Å²) in [5.74, 6) is -1.96. The number of carboxylic acid groups (broad SMARTS) is 1. The minimum absolute atomic E-state index is 0.239. The molecule has 5 heteroatoms. The lowest BCUT2D eigenvalue weighted by atomic mass is 9.88. The van der Waals surface area contributed by atoms with Crippen LogP contribution < -0.4 is 0 Å². The smallest absolute Gasteiger partial charge is 0.334 e. The zero-order valence-corrected chi connectivity index (χ0v) is 17.2. The highest BCUT2D eigenvalue weighted by molar-refractivity contribution is 6.24. The first-order valence-electron chi connectivity index (χ1n) is 9.98. The molecule has 1 N–H and O–H groups in total. The lowest BCUT2D eigenvalue weighted by molar-refractivity contribution is -0.148. The molecule has 4 rings (SSSR count). The first-order chi connectivity index (χ1) is 14.2. The maximum absolute atomic E-state index is 13.2. The summed E-state index contributed by atoms with van der Waals surface area (Å²) in [5, 5.41) is 11.8. The van der Waals surface area contributed by atoms with Crippen molar-refractivity contribution in [3.05, 3.63) is 82.9 Å². The Balaban J connectivity index is 1.81. The van der Waals surface area contributed by atoms with Crippen LogP contribution in [0.1, 0.15) is 52.6 Å². The standard InChI is InChI=1S/C25H23NO4/c1-15(2)12-16-8-10-19(11-9-16)25(3,24(29)30)26-22(27)20-13-17-6-4-5-7-18(17)14-21(20)23(26)28/h4-11,13-15H,12H2,1-3H3,(H,29,30). The molecule has 0 spiro atoms. The Morgan fingerprint density at radius 3 is 1.87 bits per heavy atom. The molecule has 0 radical (unpaired) electrons. The van der Waals surface area contributed by atoms with Crippen molar-refractivity contribution in [3.8, 4) is 0 Å². The summed E-state index contributed by atoms with van der Waals surface area (Å²) in [6.07, 6.45) is 0.865. The third kappa shape index (κ3) is 2.98. The van der Waals surface area contributed by atoms with Crippen molar-refractivity contribution in [2.75, 3.05) is 0 Å². The molecular weight excluding hydrogens is 378 g/mol. The number of hydrogen-bond donors (Lipinski definition) is 1. The van der Waals surface area contributed by atoms with Crippen LogP contribution in [0.3, 0.4) is 0 Å². The van der Waals surface area contributed by atoms with Gasteiger partial charge >= 0.3 is 5.97 Å². The van der Waals surface area contributed by atoms with Gasteiger partial charge in [0.25, 0.3) is 11.8 Å². The lowest BCUT2D eigenvalue weighted by Crippen LogP contribution is -2.52. The van der Waals surface area contributed by atoms with Crippen molar-refractivity contribution >= 4 is 28.6 Å². The molecule has 0 saturated carbocycles. The second kappa shape index (κ2) is 7.10. The summed E-state index contributed by atoms with van der Waals surface area (Å²) in [6.45, 7) is 5.63. The summed E-state index contributed by atoms with van der Waals surface area (Å²) in [6, 6.07) is 17.9. The van der Waals surface area contributed by atoms with E-state index in [1.54, 1.807) is 24.3 Å². The number of carbonyl (C=O) groups is 3. The third-order valence-corrected chi connectivity index (χ3v) is 5.78. The first-order valence-corrected chi connectivity index (χ1v) is 9.98. The average molecular weight is 401 g/mol. The second-order valence-electron chi connectivity index (χ2n) is 8.36. The van der Waals surface area contributed by atoms with Crippen LogP contribution in [-0.4, -0.2) is 27.8 Å². The van der Waals surface area contributed by atoms with Gasteiger partial charge < -0.3 is 5.11 Å². The van der Waals surface area contributed by atoms with E-state index in [1.807, 2.05) is 36.4 Å². The second-order valence-corrected chi connectivity index (χ2v) is 8.36. The highest BCUT2D eigenvalue weighted by Crippen LogP contribution is 2.38. The van der Waals surface area contributed by atoms with Crippen molar-refractivity contribution in [1.29, 1.82) is 0 Å². The molecule has 0 fully saturated rings. The number of imide groups is 1. The molecule has 3 aromatic carbocycles. The van der Waals surface area contributed by atoms with Crippen molar-refractivity contribution in [2.45, 2.75) is 32.7 Å². The Kier molecular flexibility index (Phi) is 4.69. The molecule has 1 unspecified atom stereocenters. The van der Waals surface area contributed by atoms with E-state index in [4.69, 9.17) is 0 Å². The van der Waals surface area contributed by atoms with Crippen LogP contribution in [0.4, 0.5) is 0 Å². The highest BCUT2D eigenvalue weighted by atomic mass is 16.4. The SMILES string of the molecule is CC(C)Cc1ccc(C(C)(C(=O)O)N2C(=O)c3cc4ccccc4cc3C2=O)cc1. The molecule has 1 aliphatic rings. The number of rotatable bonds is 5. The largest absolute Gasteiger partial charge is 0.479 e. The number of aliphatic carboxylic acids is 1. The number of carboxylic acids is 1. The minimum atomic E-state index is -1.81. The summed E-state index contributed by atoms with van der Waals surface area (Å²) in [7, 11) is 0. The Morgan fingerprint density at radius 1 is 0.933 bits per heavy atom. The Labute approximate surface area is 174 Å². The fraction of sp³-hybridized carbons (Fsp3) is 0.240. The van der Waals surface area contributed by atoms with Gasteiger partial charge in [0.15, 0.2) is 5.54 Å². The first kappa shape index (κ1) is 19.8. The third-order valence-electron chi connectivity index (χ3n) is 5.78. The van der Waals surface area contributed by atoms with Gasteiger partial charge in [-0.05, 0) is 53.3 Å². The van der Waals surface area contributed by atoms with Crippen molar-refractivity contribution in [1.82, 2.24) is 4.90 Å². The monoisotopic (exact) mass is 401 g/mol. The Bertz CT molecular complexity index is 1120. The number of fused-ring (bicyclic) bond motifs is 2. The summed E-state index contributed by atoms with van der Waals surface area (Å²) in [4.78, 5) is 39.7. The van der Waals surface area contributed by atoms with Gasteiger partial charge in [0.2, 0.25) is 0 Å². The number of nitrogens with zero attached hydrogens (tertiary/aromatic N) is 1. The van der Waals surface area contributed by atoms with E-state index in [-0.39, 0.29) is 11.1 Å². The quantitative estimate of drug-likeness (QED) is 0.633. The normalized spacial score (nSPS) is 15.5. The molecule has 1 aliphatic heterocycles. The zero-order chi connectivity index (χ0) is 21.6. The summed E-state index contributed by atoms with van der Waals surface area (Å²) < 4.78 is 0. The van der Waals surface area contributed by atoms with Crippen LogP contribution in [0.2, 0.25) is 0 Å². The maximum Gasteiger partial charge on any atom is 0.334 e. The van der Waals surface area contributed by atoms with Crippen molar-refractivity contribution < 1.29 is 19.5 Å². The van der Waals surface area contributed by atoms with Crippen molar-refractivity contribution in [3.63, 3.8) is 0 Å². The van der Waals surface area contributed by atoms with Crippen LogP contribution in [0.25, 0.3) is 10.8 Å². The maximum atomic E-state index is 13.2. The zero-order valence-electron chi connectivity index (χ0n) is 17.2. The summed E-state index contributed by atoms with van der Waals surface area (Å²) >= 11 is 0. The van der Waals surface area contributed by atoms with E-state index in [0.29, 0.717) is 11.5 Å². The molecule has 3 aromatic rings. The van der Waals surface area contributed by atoms with E-state index in [1.165, 1.54) is 6.92 Å². The predicted molar refractivity (Wildman–Crippen MR) is 114 cm³/mol. The fourth-order valence-corrected chi connectivity index (χ4v) is 4.12. The van der Waals surface area contributed by atoms with Crippen LogP contribution in [-0.2, 0) is 16.8 Å². The van der Waals surface area contributed by atoms with Crippen LogP contribution in [0.5, 0.6) is 0 Å². The molecule has 0 aromatic heterocycles. The number of carbonyl (C=O) groups excluding carboxylic acids is 2. The van der Waals surface area contributed by atoms with Crippen LogP contribution >= 0.6 is 0 Å². The predicted octanol–water partition coefficient (Wildman–Crippen LogP) is 4.63. The Morgan fingerprint density at radius 2 is 1.43 bits per heavy atom. The van der Waals surface area contributed by atoms with Gasteiger partial charge in [0.1, 0.15) is 0 Å². The molecule has 5 nitrogen and oxygen atoms in total. The van der Waals surface area contributed by atoms with Gasteiger partial charge in [-0.3, -0.25) is 14.5 Å². The van der Waals surface area contributed by atoms with E-state index in [9.17, 15) is 19.5 Å². The van der Waals surface area contributed by atoms with Gasteiger partial charge in [0, 0.05) is 0 Å². The average Bonchev–Trinajstić information content (AvgIpc) is 2.96. The molecule has 1 atom stereocenters. The molecule has 0 saturated heterocycles. The topological polar surface area (TPSA) is 74.7 Å². The molecular formula is C25H23NO4. The van der Waals surface area contributed by atoms with Gasteiger partial charge in [-0.15, -0.1) is 0 Å². The van der Waals surface area contributed by atoms with Crippen molar-refractivity contribution in [2.24, 2.45) is 5.92 Å². The highest BCUT2D eigenvalue weighted by Gasteiger charge is 2.52. The van der Waals surface area contributed by atoms with E-state index >= 15 is 0 Å². The minimum Gasteiger partial charge on any atom is -0.479 e. The lowest BCUT2D eigenvalue weighted by Gasteiger charge is -2.33. The Hall–Kier alpha value is -3.47. The molecule has 1 heterocycles. The molecule has 0 bridgehead atoms. The van der Waals surface area contributed by atoms with E-state index in [2.05, 4.69) is 13.8 Å². The number of hydrogen-bond acceptors (Lipinski definition) is 3. The molecule has 30 heavy (non-hydrogen) atoms. The van der Waals surface area contributed by atoms with Gasteiger partial charge in [-0.1, -0.05) is 62.4 Å². The fourth-order valence-electron chi connectivity index (χ4n) is 4.12. The van der Waals surface area contributed by atoms with E-state index in [0.717, 1.165) is 27.7 Å². The van der Waals surface area contributed by atoms with Crippen LogP contribution in [0, 0.1) is 5.92 Å². The van der Waals surface area contributed by atoms with E-state index < -0.39 is 23.3 Å². The van der Waals surface area contributed by atoms with Gasteiger partial charge in [-0.25, -0.2) is 4.79 Å².